The lowest BCUT2D eigenvalue weighted by atomic mass is 10.1. The van der Waals surface area contributed by atoms with Crippen LogP contribution >= 0.6 is 11.3 Å². The lowest BCUT2D eigenvalue weighted by Gasteiger charge is -2.14. The highest BCUT2D eigenvalue weighted by Crippen LogP contribution is 2.25. The van der Waals surface area contributed by atoms with Crippen molar-refractivity contribution in [1.82, 2.24) is 0 Å². The van der Waals surface area contributed by atoms with E-state index >= 15 is 0 Å². The second-order valence-electron chi connectivity index (χ2n) is 6.43. The number of non-ortho nitro benzene ring substituents is 1. The first-order chi connectivity index (χ1) is 14.8. The minimum atomic E-state index is -1.16. The number of esters is 1. The summed E-state index contributed by atoms with van der Waals surface area (Å²) in [7, 11) is 0. The van der Waals surface area contributed by atoms with E-state index in [0.29, 0.717) is 10.4 Å². The Morgan fingerprint density at radius 3 is 2.55 bits per heavy atom. The number of benzene rings is 2. The average Bonchev–Trinajstić information content (AvgIpc) is 3.27. The molecule has 1 amide bonds. The second-order valence-corrected chi connectivity index (χ2v) is 7.38. The maximum absolute atomic E-state index is 13.2. The minimum Gasteiger partial charge on any atom is -0.449 e. The smallest absolute Gasteiger partial charge is 0.340 e. The van der Waals surface area contributed by atoms with E-state index in [2.05, 4.69) is 5.32 Å². The van der Waals surface area contributed by atoms with Crippen molar-refractivity contribution in [3.05, 3.63) is 92.4 Å². The molecule has 0 fully saturated rings. The molecule has 0 bridgehead atoms. The molecule has 0 aliphatic rings. The third kappa shape index (κ3) is 5.83. The number of carbonyl (C=O) groups excluding carboxylic acids is 2. The van der Waals surface area contributed by atoms with Crippen molar-refractivity contribution in [3.8, 4) is 0 Å². The number of hydrogen-bond acceptors (Lipinski definition) is 6. The van der Waals surface area contributed by atoms with E-state index in [1.807, 2.05) is 0 Å². The molecule has 1 aromatic heterocycles. The third-order valence-corrected chi connectivity index (χ3v) is 5.07. The van der Waals surface area contributed by atoms with Crippen LogP contribution in [0.15, 0.2) is 66.0 Å². The Morgan fingerprint density at radius 2 is 1.90 bits per heavy atom. The lowest BCUT2D eigenvalue weighted by molar-refractivity contribution is -0.384. The maximum atomic E-state index is 13.2. The molecule has 0 unspecified atom stereocenters. The normalized spacial score (nSPS) is 12.1. The highest BCUT2D eigenvalue weighted by molar-refractivity contribution is 7.11. The molecule has 158 valence electrons. The summed E-state index contributed by atoms with van der Waals surface area (Å²) >= 11 is 1.32. The van der Waals surface area contributed by atoms with Crippen LogP contribution in [0.4, 0.5) is 15.8 Å². The molecule has 0 saturated heterocycles. The molecular weight excluding hydrogens is 423 g/mol. The van der Waals surface area contributed by atoms with E-state index in [1.165, 1.54) is 66.8 Å². The zero-order valence-electron chi connectivity index (χ0n) is 16.3. The van der Waals surface area contributed by atoms with Gasteiger partial charge in [-0.05, 0) is 48.2 Å². The Hall–Kier alpha value is -3.85. The van der Waals surface area contributed by atoms with Crippen molar-refractivity contribution in [1.29, 1.82) is 0 Å². The SMILES string of the molecule is C[C@H](OC(=O)/C(=C/c1ccc(F)cc1)c1cccs1)C(=O)Nc1cccc([N+](=O)[O-])c1. The molecule has 0 aliphatic carbocycles. The second kappa shape index (κ2) is 9.77. The Morgan fingerprint density at radius 1 is 1.16 bits per heavy atom. The van der Waals surface area contributed by atoms with Crippen LogP contribution in [0.5, 0.6) is 0 Å². The van der Waals surface area contributed by atoms with E-state index < -0.39 is 28.7 Å². The number of thiophene rings is 1. The first-order valence-corrected chi connectivity index (χ1v) is 9.99. The number of anilines is 1. The molecule has 0 aliphatic heterocycles. The average molecular weight is 440 g/mol. The molecule has 2 aromatic carbocycles. The van der Waals surface area contributed by atoms with Gasteiger partial charge >= 0.3 is 5.97 Å². The first-order valence-electron chi connectivity index (χ1n) is 9.11. The predicted octanol–water partition coefficient (Wildman–Crippen LogP) is 4.91. The predicted molar refractivity (Wildman–Crippen MR) is 116 cm³/mol. The Bertz CT molecular complexity index is 1130. The number of amides is 1. The Balaban J connectivity index is 1.75. The zero-order chi connectivity index (χ0) is 22.4. The van der Waals surface area contributed by atoms with Gasteiger partial charge in [0, 0.05) is 22.7 Å². The summed E-state index contributed by atoms with van der Waals surface area (Å²) in [4.78, 5) is 36.1. The highest BCUT2D eigenvalue weighted by atomic mass is 32.1. The number of ether oxygens (including phenoxy) is 1. The van der Waals surface area contributed by atoms with Crippen LogP contribution in [0.1, 0.15) is 17.4 Å². The van der Waals surface area contributed by atoms with Gasteiger partial charge in [0.2, 0.25) is 0 Å². The topological polar surface area (TPSA) is 98.5 Å². The van der Waals surface area contributed by atoms with Gasteiger partial charge in [0.05, 0.1) is 10.5 Å². The van der Waals surface area contributed by atoms with Crippen LogP contribution in [-0.2, 0) is 14.3 Å². The van der Waals surface area contributed by atoms with Gasteiger partial charge in [0.25, 0.3) is 11.6 Å². The number of halogens is 1. The number of hydrogen-bond donors (Lipinski definition) is 1. The molecule has 0 spiro atoms. The molecule has 31 heavy (non-hydrogen) atoms. The summed E-state index contributed by atoms with van der Waals surface area (Å²) in [6, 6.07) is 14.5. The van der Waals surface area contributed by atoms with Gasteiger partial charge in [-0.3, -0.25) is 14.9 Å². The molecular formula is C22H17FN2O5S. The highest BCUT2D eigenvalue weighted by Gasteiger charge is 2.22. The molecule has 1 heterocycles. The van der Waals surface area contributed by atoms with E-state index in [1.54, 1.807) is 23.6 Å². The molecule has 0 radical (unpaired) electrons. The number of carbonyl (C=O) groups is 2. The number of rotatable bonds is 7. The lowest BCUT2D eigenvalue weighted by Crippen LogP contribution is -2.30. The molecule has 3 rings (SSSR count). The van der Waals surface area contributed by atoms with Gasteiger partial charge in [0.15, 0.2) is 6.10 Å². The van der Waals surface area contributed by atoms with Gasteiger partial charge < -0.3 is 10.1 Å². The quantitative estimate of drug-likeness (QED) is 0.244. The van der Waals surface area contributed by atoms with E-state index in [-0.39, 0.29) is 16.9 Å². The largest absolute Gasteiger partial charge is 0.449 e. The summed E-state index contributed by atoms with van der Waals surface area (Å²) < 4.78 is 18.5. The number of nitrogens with zero attached hydrogens (tertiary/aromatic N) is 1. The van der Waals surface area contributed by atoms with Crippen LogP contribution in [0.25, 0.3) is 11.6 Å². The standard InChI is InChI=1S/C22H17FN2O5S/c1-14(21(26)24-17-4-2-5-18(13-17)25(28)29)30-22(27)19(20-6-3-11-31-20)12-15-7-9-16(23)10-8-15/h2-14H,1H3,(H,24,26)/b19-12+/t14-/m0/s1. The summed E-state index contributed by atoms with van der Waals surface area (Å²) in [6.45, 7) is 1.40. The van der Waals surface area contributed by atoms with Crippen molar-refractivity contribution in [2.24, 2.45) is 0 Å². The van der Waals surface area contributed by atoms with Gasteiger partial charge in [-0.15, -0.1) is 11.3 Å². The number of nitro benzene ring substituents is 1. The Kier molecular flexibility index (Phi) is 6.88. The summed E-state index contributed by atoms with van der Waals surface area (Å²) in [5.41, 5.74) is 0.846. The summed E-state index contributed by atoms with van der Waals surface area (Å²) in [5, 5.41) is 15.2. The fraction of sp³-hybridized carbons (Fsp3) is 0.0909. The van der Waals surface area contributed by atoms with Gasteiger partial charge in [-0.25, -0.2) is 9.18 Å². The first kappa shape index (κ1) is 21.8. The summed E-state index contributed by atoms with van der Waals surface area (Å²) in [5.74, 6) is -1.77. The van der Waals surface area contributed by atoms with Crippen molar-refractivity contribution in [3.63, 3.8) is 0 Å². The van der Waals surface area contributed by atoms with E-state index in [9.17, 15) is 24.1 Å². The van der Waals surface area contributed by atoms with Gasteiger partial charge in [0.1, 0.15) is 5.82 Å². The monoisotopic (exact) mass is 440 g/mol. The van der Waals surface area contributed by atoms with E-state index in [4.69, 9.17) is 4.74 Å². The molecule has 0 saturated carbocycles. The van der Waals surface area contributed by atoms with E-state index in [0.717, 1.165) is 0 Å². The van der Waals surface area contributed by atoms with Gasteiger partial charge in [-0.2, -0.15) is 0 Å². The fourth-order valence-electron chi connectivity index (χ4n) is 2.61. The summed E-state index contributed by atoms with van der Waals surface area (Å²) in [6.07, 6.45) is 0.391. The van der Waals surface area contributed by atoms with Crippen LogP contribution in [0, 0.1) is 15.9 Å². The van der Waals surface area contributed by atoms with Crippen molar-refractivity contribution >= 4 is 46.2 Å². The van der Waals surface area contributed by atoms with Gasteiger partial charge in [-0.1, -0.05) is 24.3 Å². The van der Waals surface area contributed by atoms with Crippen LogP contribution < -0.4 is 5.32 Å². The zero-order valence-corrected chi connectivity index (χ0v) is 17.1. The van der Waals surface area contributed by atoms with Crippen molar-refractivity contribution in [2.75, 3.05) is 5.32 Å². The molecule has 7 nitrogen and oxygen atoms in total. The van der Waals surface area contributed by atoms with Crippen LogP contribution in [0.3, 0.4) is 0 Å². The van der Waals surface area contributed by atoms with Crippen LogP contribution in [0.2, 0.25) is 0 Å². The number of nitrogens with one attached hydrogen (secondary N) is 1. The molecule has 1 atom stereocenters. The molecule has 3 aromatic rings. The maximum Gasteiger partial charge on any atom is 0.340 e. The molecule has 1 N–H and O–H groups in total. The van der Waals surface area contributed by atoms with Crippen molar-refractivity contribution in [2.45, 2.75) is 13.0 Å². The number of nitro groups is 1. The minimum absolute atomic E-state index is 0.176. The Labute approximate surface area is 180 Å². The molecule has 9 heteroatoms. The fourth-order valence-corrected chi connectivity index (χ4v) is 3.34. The third-order valence-electron chi connectivity index (χ3n) is 4.17. The van der Waals surface area contributed by atoms with Crippen LogP contribution in [-0.4, -0.2) is 22.9 Å². The van der Waals surface area contributed by atoms with Crippen molar-refractivity contribution < 1.29 is 23.6 Å².